The third-order valence-electron chi connectivity index (χ3n) is 3.49. The number of esters is 1. The van der Waals surface area contributed by atoms with Crippen molar-refractivity contribution in [2.24, 2.45) is 5.41 Å². The fourth-order valence-electron chi connectivity index (χ4n) is 2.05. The second-order valence-corrected chi connectivity index (χ2v) is 6.15. The second-order valence-electron chi connectivity index (χ2n) is 5.04. The molecule has 0 radical (unpaired) electrons. The molecule has 0 amide bonds. The van der Waals surface area contributed by atoms with Crippen LogP contribution in [0.1, 0.15) is 24.8 Å². The van der Waals surface area contributed by atoms with Gasteiger partial charge in [-0.25, -0.2) is 0 Å². The van der Waals surface area contributed by atoms with Gasteiger partial charge < -0.3 is 4.74 Å². The number of carbonyl (C=O) groups is 1. The molecule has 1 fully saturated rings. The molecule has 0 spiro atoms. The summed E-state index contributed by atoms with van der Waals surface area (Å²) < 4.78 is 4.75. The molecule has 98 valence electrons. The molecule has 0 aliphatic heterocycles. The number of rotatable bonds is 7. The van der Waals surface area contributed by atoms with Crippen LogP contribution in [0.25, 0.3) is 0 Å². The Balaban J connectivity index is 1.65. The van der Waals surface area contributed by atoms with Crippen molar-refractivity contribution in [2.45, 2.75) is 25.7 Å². The maximum Gasteiger partial charge on any atom is 0.306 e. The van der Waals surface area contributed by atoms with Gasteiger partial charge in [-0.15, -0.1) is 0 Å². The van der Waals surface area contributed by atoms with Crippen LogP contribution < -0.4 is 0 Å². The van der Waals surface area contributed by atoms with Gasteiger partial charge in [-0.2, -0.15) is 11.8 Å². The summed E-state index contributed by atoms with van der Waals surface area (Å²) in [7, 11) is 1.47. The summed E-state index contributed by atoms with van der Waals surface area (Å²) in [5.74, 6) is 2.16. The molecule has 2 nitrogen and oxygen atoms in total. The number of hydrogen-bond acceptors (Lipinski definition) is 3. The fraction of sp³-hybridized carbons (Fsp3) is 0.533. The minimum absolute atomic E-state index is 0.0591. The van der Waals surface area contributed by atoms with E-state index >= 15 is 0 Å². The lowest BCUT2D eigenvalue weighted by Gasteiger charge is -2.12. The Morgan fingerprint density at radius 2 is 2.06 bits per heavy atom. The summed E-state index contributed by atoms with van der Waals surface area (Å²) in [4.78, 5) is 11.3. The van der Waals surface area contributed by atoms with E-state index in [9.17, 15) is 4.79 Å². The van der Waals surface area contributed by atoms with Crippen LogP contribution in [-0.4, -0.2) is 24.6 Å². The van der Waals surface area contributed by atoms with E-state index < -0.39 is 0 Å². The van der Waals surface area contributed by atoms with Crippen molar-refractivity contribution in [2.75, 3.05) is 18.6 Å². The molecule has 0 unspecified atom stereocenters. The van der Waals surface area contributed by atoms with Gasteiger partial charge in [0.1, 0.15) is 0 Å². The second kappa shape index (κ2) is 6.28. The first-order chi connectivity index (χ1) is 8.74. The Morgan fingerprint density at radius 3 is 2.67 bits per heavy atom. The number of carbonyl (C=O) groups excluding carboxylic acids is 1. The lowest BCUT2D eigenvalue weighted by molar-refractivity contribution is -0.141. The van der Waals surface area contributed by atoms with Crippen molar-refractivity contribution in [1.82, 2.24) is 0 Å². The summed E-state index contributed by atoms with van der Waals surface area (Å²) in [6.07, 6.45) is 4.07. The van der Waals surface area contributed by atoms with Gasteiger partial charge in [0, 0.05) is 0 Å². The van der Waals surface area contributed by atoms with E-state index in [2.05, 4.69) is 24.3 Å². The van der Waals surface area contributed by atoms with Gasteiger partial charge in [0.15, 0.2) is 0 Å². The highest BCUT2D eigenvalue weighted by Crippen LogP contribution is 2.51. The molecular formula is C15H20O2S. The van der Waals surface area contributed by atoms with Crippen LogP contribution in [-0.2, 0) is 16.0 Å². The van der Waals surface area contributed by atoms with E-state index in [-0.39, 0.29) is 11.4 Å². The molecular weight excluding hydrogens is 244 g/mol. The predicted octanol–water partition coefficient (Wildman–Crippen LogP) is 3.31. The predicted molar refractivity (Wildman–Crippen MR) is 75.8 cm³/mol. The molecule has 1 aromatic rings. The summed E-state index contributed by atoms with van der Waals surface area (Å²) >= 11 is 1.96. The lowest BCUT2D eigenvalue weighted by Crippen LogP contribution is -2.13. The zero-order chi connectivity index (χ0) is 12.8. The first-order valence-corrected chi connectivity index (χ1v) is 7.58. The first-order valence-electron chi connectivity index (χ1n) is 6.43. The molecule has 1 saturated carbocycles. The van der Waals surface area contributed by atoms with E-state index in [0.717, 1.165) is 17.9 Å². The normalized spacial score (nSPS) is 16.3. The standard InChI is InChI=1S/C15H20O2S/c1-17-14(16)11-15(8-9-15)12-18-10-7-13-5-3-2-4-6-13/h2-6H,7-12H2,1H3. The van der Waals surface area contributed by atoms with E-state index in [1.165, 1.54) is 25.5 Å². The Bertz CT molecular complexity index is 385. The number of aryl methyl sites for hydroxylation is 1. The zero-order valence-corrected chi connectivity index (χ0v) is 11.7. The van der Waals surface area contributed by atoms with Crippen molar-refractivity contribution < 1.29 is 9.53 Å². The molecule has 1 aliphatic carbocycles. The van der Waals surface area contributed by atoms with E-state index in [4.69, 9.17) is 4.74 Å². The first kappa shape index (κ1) is 13.5. The largest absolute Gasteiger partial charge is 0.469 e. The highest BCUT2D eigenvalue weighted by Gasteiger charge is 2.44. The topological polar surface area (TPSA) is 26.3 Å². The molecule has 0 saturated heterocycles. The van der Waals surface area contributed by atoms with Gasteiger partial charge in [-0.05, 0) is 41.7 Å². The smallest absolute Gasteiger partial charge is 0.306 e. The number of hydrogen-bond donors (Lipinski definition) is 0. The minimum Gasteiger partial charge on any atom is -0.469 e. The molecule has 18 heavy (non-hydrogen) atoms. The average Bonchev–Trinajstić information content (AvgIpc) is 3.16. The van der Waals surface area contributed by atoms with Crippen LogP contribution in [0.3, 0.4) is 0 Å². The molecule has 0 atom stereocenters. The Hall–Kier alpha value is -0.960. The van der Waals surface area contributed by atoms with Gasteiger partial charge in [0.2, 0.25) is 0 Å². The summed E-state index contributed by atoms with van der Waals surface area (Å²) in [5.41, 5.74) is 1.65. The Morgan fingerprint density at radius 1 is 1.33 bits per heavy atom. The number of ether oxygens (including phenoxy) is 1. The molecule has 3 heteroatoms. The highest BCUT2D eigenvalue weighted by atomic mass is 32.2. The monoisotopic (exact) mass is 264 g/mol. The minimum atomic E-state index is -0.0591. The van der Waals surface area contributed by atoms with Crippen molar-refractivity contribution in [1.29, 1.82) is 0 Å². The van der Waals surface area contributed by atoms with E-state index in [1.807, 2.05) is 17.8 Å². The van der Waals surface area contributed by atoms with Crippen LogP contribution in [0.15, 0.2) is 30.3 Å². The number of thioether (sulfide) groups is 1. The average molecular weight is 264 g/mol. The maximum absolute atomic E-state index is 11.3. The Labute approximate surface area is 113 Å². The molecule has 0 heterocycles. The third kappa shape index (κ3) is 4.05. The third-order valence-corrected chi connectivity index (χ3v) is 4.80. The molecule has 0 N–H and O–H groups in total. The molecule has 0 bridgehead atoms. The number of benzene rings is 1. The van der Waals surface area contributed by atoms with Crippen molar-refractivity contribution in [3.63, 3.8) is 0 Å². The van der Waals surface area contributed by atoms with Crippen molar-refractivity contribution in [3.8, 4) is 0 Å². The van der Waals surface area contributed by atoms with Crippen molar-refractivity contribution in [3.05, 3.63) is 35.9 Å². The summed E-state index contributed by atoms with van der Waals surface area (Å²) in [5, 5.41) is 0. The van der Waals surface area contributed by atoms with Crippen LogP contribution >= 0.6 is 11.8 Å². The number of methoxy groups -OCH3 is 1. The van der Waals surface area contributed by atoms with Gasteiger partial charge in [-0.3, -0.25) is 4.79 Å². The molecule has 1 aliphatic rings. The molecule has 1 aromatic carbocycles. The van der Waals surface area contributed by atoms with Crippen LogP contribution in [0.4, 0.5) is 0 Å². The maximum atomic E-state index is 11.3. The van der Waals surface area contributed by atoms with E-state index in [1.54, 1.807) is 0 Å². The lowest BCUT2D eigenvalue weighted by atomic mass is 10.1. The summed E-state index contributed by atoms with van der Waals surface area (Å²) in [6, 6.07) is 10.6. The molecule has 0 aromatic heterocycles. The fourth-order valence-corrected chi connectivity index (χ4v) is 3.40. The zero-order valence-electron chi connectivity index (χ0n) is 10.9. The van der Waals surface area contributed by atoms with Gasteiger partial charge in [0.05, 0.1) is 13.5 Å². The van der Waals surface area contributed by atoms with E-state index in [0.29, 0.717) is 6.42 Å². The Kier molecular flexibility index (Phi) is 4.70. The van der Waals surface area contributed by atoms with Crippen LogP contribution in [0.2, 0.25) is 0 Å². The van der Waals surface area contributed by atoms with Crippen LogP contribution in [0, 0.1) is 5.41 Å². The van der Waals surface area contributed by atoms with Crippen molar-refractivity contribution >= 4 is 17.7 Å². The van der Waals surface area contributed by atoms with Gasteiger partial charge >= 0.3 is 5.97 Å². The summed E-state index contributed by atoms with van der Waals surface area (Å²) in [6.45, 7) is 0. The van der Waals surface area contributed by atoms with Gasteiger partial charge in [0.25, 0.3) is 0 Å². The SMILES string of the molecule is COC(=O)CC1(CSCCc2ccccc2)CC1. The molecule has 2 rings (SSSR count). The van der Waals surface area contributed by atoms with Crippen LogP contribution in [0.5, 0.6) is 0 Å². The van der Waals surface area contributed by atoms with Gasteiger partial charge in [-0.1, -0.05) is 30.3 Å². The quantitative estimate of drug-likeness (QED) is 0.558. The highest BCUT2D eigenvalue weighted by molar-refractivity contribution is 7.99.